The van der Waals surface area contributed by atoms with E-state index in [-0.39, 0.29) is 11.3 Å². The zero-order valence-electron chi connectivity index (χ0n) is 18.9. The van der Waals surface area contributed by atoms with Crippen molar-refractivity contribution in [3.05, 3.63) is 35.9 Å². The molecule has 162 valence electrons. The van der Waals surface area contributed by atoms with Crippen LogP contribution in [0.15, 0.2) is 30.3 Å². The molecule has 0 heterocycles. The Morgan fingerprint density at radius 3 is 2.34 bits per heavy atom. The van der Waals surface area contributed by atoms with Crippen LogP contribution in [0, 0.1) is 5.41 Å². The standard InChI is InChI=1S/C23H38N4OS/c1-23(2,3)20(21(28)27(6)16-17-12-8-7-9-13-17)25-22(29)24-18-14-10-11-15-19(18)26(4)5/h7-9,12-13,18-20H,10-11,14-16H2,1-6H3,(H2,24,25,29)/t18-,19?,20-/m1/s1. The van der Waals surface area contributed by atoms with E-state index in [1.807, 2.05) is 37.4 Å². The highest BCUT2D eigenvalue weighted by molar-refractivity contribution is 7.80. The molecule has 6 heteroatoms. The molecule has 1 aromatic carbocycles. The molecule has 1 amide bonds. The molecule has 0 spiro atoms. The normalized spacial score (nSPS) is 20.8. The van der Waals surface area contributed by atoms with Gasteiger partial charge in [0.1, 0.15) is 6.04 Å². The lowest BCUT2D eigenvalue weighted by molar-refractivity contribution is -0.134. The fourth-order valence-corrected chi connectivity index (χ4v) is 4.31. The molecule has 0 aliphatic heterocycles. The summed E-state index contributed by atoms with van der Waals surface area (Å²) < 4.78 is 0. The highest BCUT2D eigenvalue weighted by Gasteiger charge is 2.35. The summed E-state index contributed by atoms with van der Waals surface area (Å²) in [6, 6.07) is 10.5. The molecule has 0 bridgehead atoms. The first kappa shape index (κ1) is 23.6. The summed E-state index contributed by atoms with van der Waals surface area (Å²) in [5, 5.41) is 7.42. The lowest BCUT2D eigenvalue weighted by Crippen LogP contribution is -2.59. The third-order valence-electron chi connectivity index (χ3n) is 5.74. The van der Waals surface area contributed by atoms with Gasteiger partial charge in [-0.1, -0.05) is 63.9 Å². The van der Waals surface area contributed by atoms with E-state index in [0.29, 0.717) is 23.7 Å². The Labute approximate surface area is 182 Å². The van der Waals surface area contributed by atoms with E-state index >= 15 is 0 Å². The molecule has 2 rings (SSSR count). The molecule has 1 fully saturated rings. The van der Waals surface area contributed by atoms with Crippen LogP contribution in [0.5, 0.6) is 0 Å². The van der Waals surface area contributed by atoms with Gasteiger partial charge in [0, 0.05) is 25.7 Å². The number of thiocarbonyl (C=S) groups is 1. The van der Waals surface area contributed by atoms with Crippen LogP contribution in [-0.4, -0.2) is 60.1 Å². The lowest BCUT2D eigenvalue weighted by Gasteiger charge is -2.39. The second kappa shape index (κ2) is 10.4. The highest BCUT2D eigenvalue weighted by atomic mass is 32.1. The minimum absolute atomic E-state index is 0.0540. The second-order valence-electron chi connectivity index (χ2n) is 9.52. The van der Waals surface area contributed by atoms with Crippen LogP contribution in [0.25, 0.3) is 0 Å². The maximum absolute atomic E-state index is 13.3. The van der Waals surface area contributed by atoms with Crippen molar-refractivity contribution in [2.45, 2.75) is 71.1 Å². The first-order valence-corrected chi connectivity index (χ1v) is 11.0. The van der Waals surface area contributed by atoms with Gasteiger partial charge in [-0.2, -0.15) is 0 Å². The Hall–Kier alpha value is -1.66. The van der Waals surface area contributed by atoms with Crippen molar-refractivity contribution >= 4 is 23.2 Å². The van der Waals surface area contributed by atoms with E-state index in [4.69, 9.17) is 12.2 Å². The maximum atomic E-state index is 13.3. The fraction of sp³-hybridized carbons (Fsp3) is 0.652. The van der Waals surface area contributed by atoms with E-state index in [0.717, 1.165) is 12.0 Å². The minimum atomic E-state index is -0.391. The molecule has 0 saturated heterocycles. The third kappa shape index (κ3) is 6.96. The molecule has 29 heavy (non-hydrogen) atoms. The number of benzene rings is 1. The Bertz CT molecular complexity index is 671. The zero-order chi connectivity index (χ0) is 21.6. The van der Waals surface area contributed by atoms with Gasteiger partial charge < -0.3 is 20.4 Å². The molecule has 3 atom stereocenters. The van der Waals surface area contributed by atoms with Gasteiger partial charge in [0.05, 0.1) is 0 Å². The van der Waals surface area contributed by atoms with Gasteiger partial charge in [0.15, 0.2) is 5.11 Å². The maximum Gasteiger partial charge on any atom is 0.245 e. The highest BCUT2D eigenvalue weighted by Crippen LogP contribution is 2.23. The largest absolute Gasteiger partial charge is 0.358 e. The summed E-state index contributed by atoms with van der Waals surface area (Å²) in [5.41, 5.74) is 0.856. The summed E-state index contributed by atoms with van der Waals surface area (Å²) in [7, 11) is 6.11. The van der Waals surface area contributed by atoms with Gasteiger partial charge in [0.25, 0.3) is 0 Å². The van der Waals surface area contributed by atoms with Crippen molar-refractivity contribution in [2.75, 3.05) is 21.1 Å². The molecule has 1 aliphatic rings. The van der Waals surface area contributed by atoms with Gasteiger partial charge in [-0.15, -0.1) is 0 Å². The van der Waals surface area contributed by atoms with E-state index in [2.05, 4.69) is 50.4 Å². The zero-order valence-corrected chi connectivity index (χ0v) is 19.7. The summed E-state index contributed by atoms with van der Waals surface area (Å²) >= 11 is 5.64. The van der Waals surface area contributed by atoms with Crippen molar-refractivity contribution in [3.8, 4) is 0 Å². The van der Waals surface area contributed by atoms with E-state index < -0.39 is 6.04 Å². The molecule has 1 aliphatic carbocycles. The SMILES string of the molecule is CN(Cc1ccccc1)C(=O)[C@@H](NC(=S)N[C@@H]1CCCCC1N(C)C)C(C)(C)C. The predicted octanol–water partition coefficient (Wildman–Crippen LogP) is 3.40. The topological polar surface area (TPSA) is 47.6 Å². The average Bonchev–Trinajstić information content (AvgIpc) is 2.65. The number of carbonyl (C=O) groups is 1. The molecule has 0 radical (unpaired) electrons. The van der Waals surface area contributed by atoms with E-state index in [1.165, 1.54) is 19.3 Å². The van der Waals surface area contributed by atoms with Crippen molar-refractivity contribution in [2.24, 2.45) is 5.41 Å². The Morgan fingerprint density at radius 2 is 1.76 bits per heavy atom. The van der Waals surface area contributed by atoms with E-state index in [1.54, 1.807) is 4.90 Å². The Kier molecular flexibility index (Phi) is 8.46. The van der Waals surface area contributed by atoms with Crippen LogP contribution in [0.3, 0.4) is 0 Å². The van der Waals surface area contributed by atoms with Crippen molar-refractivity contribution < 1.29 is 4.79 Å². The number of hydrogen-bond acceptors (Lipinski definition) is 3. The van der Waals surface area contributed by atoms with Gasteiger partial charge >= 0.3 is 0 Å². The Balaban J connectivity index is 2.03. The molecule has 2 N–H and O–H groups in total. The van der Waals surface area contributed by atoms with Crippen LogP contribution in [0.2, 0.25) is 0 Å². The number of likely N-dealkylation sites (N-methyl/N-ethyl adjacent to an activating group) is 2. The molecule has 1 aromatic rings. The van der Waals surface area contributed by atoms with Crippen LogP contribution in [-0.2, 0) is 11.3 Å². The predicted molar refractivity (Wildman–Crippen MR) is 125 cm³/mol. The molecule has 1 saturated carbocycles. The van der Waals surface area contributed by atoms with Crippen LogP contribution >= 0.6 is 12.2 Å². The summed E-state index contributed by atoms with van der Waals surface area (Å²) in [6.45, 7) is 6.81. The summed E-state index contributed by atoms with van der Waals surface area (Å²) in [5.74, 6) is 0.0540. The number of nitrogens with zero attached hydrogens (tertiary/aromatic N) is 2. The number of nitrogens with one attached hydrogen (secondary N) is 2. The van der Waals surface area contributed by atoms with E-state index in [9.17, 15) is 4.79 Å². The number of carbonyl (C=O) groups excluding carboxylic acids is 1. The smallest absolute Gasteiger partial charge is 0.245 e. The molecular weight excluding hydrogens is 380 g/mol. The molecule has 5 nitrogen and oxygen atoms in total. The Morgan fingerprint density at radius 1 is 1.14 bits per heavy atom. The monoisotopic (exact) mass is 418 g/mol. The second-order valence-corrected chi connectivity index (χ2v) is 9.93. The van der Waals surface area contributed by atoms with Gasteiger partial charge in [-0.25, -0.2) is 0 Å². The average molecular weight is 419 g/mol. The first-order valence-electron chi connectivity index (χ1n) is 10.6. The summed E-state index contributed by atoms with van der Waals surface area (Å²) in [4.78, 5) is 17.3. The van der Waals surface area contributed by atoms with Crippen LogP contribution in [0.4, 0.5) is 0 Å². The molecular formula is C23H38N4OS. The fourth-order valence-electron chi connectivity index (χ4n) is 4.04. The van der Waals surface area contributed by atoms with Crippen molar-refractivity contribution in [1.29, 1.82) is 0 Å². The number of rotatable bonds is 6. The van der Waals surface area contributed by atoms with Gasteiger partial charge in [-0.3, -0.25) is 4.79 Å². The van der Waals surface area contributed by atoms with Crippen LogP contribution < -0.4 is 10.6 Å². The number of amides is 1. The van der Waals surface area contributed by atoms with Gasteiger partial charge in [0.2, 0.25) is 5.91 Å². The van der Waals surface area contributed by atoms with Crippen LogP contribution in [0.1, 0.15) is 52.0 Å². The lowest BCUT2D eigenvalue weighted by atomic mass is 9.85. The van der Waals surface area contributed by atoms with Gasteiger partial charge in [-0.05, 0) is 50.1 Å². The molecule has 1 unspecified atom stereocenters. The number of hydrogen-bond donors (Lipinski definition) is 2. The summed E-state index contributed by atoms with van der Waals surface area (Å²) in [6.07, 6.45) is 4.75. The quantitative estimate of drug-likeness (QED) is 0.694. The molecule has 0 aromatic heterocycles. The van der Waals surface area contributed by atoms with Crippen molar-refractivity contribution in [1.82, 2.24) is 20.4 Å². The van der Waals surface area contributed by atoms with Crippen molar-refractivity contribution in [3.63, 3.8) is 0 Å². The minimum Gasteiger partial charge on any atom is -0.358 e. The first-order chi connectivity index (χ1) is 13.6. The third-order valence-corrected chi connectivity index (χ3v) is 5.97.